The van der Waals surface area contributed by atoms with Crippen molar-refractivity contribution in [1.29, 1.82) is 0 Å². The molecule has 0 spiro atoms. The number of methoxy groups -OCH3 is 2. The molecule has 2 aromatic carbocycles. The maximum atomic E-state index is 5.06. The summed E-state index contributed by atoms with van der Waals surface area (Å²) in [6.45, 7) is 2.62. The summed E-state index contributed by atoms with van der Waals surface area (Å²) in [5.41, 5.74) is 0. The van der Waals surface area contributed by atoms with Gasteiger partial charge in [0.15, 0.2) is 0 Å². The van der Waals surface area contributed by atoms with Gasteiger partial charge in [0.2, 0.25) is 0 Å². The van der Waals surface area contributed by atoms with Gasteiger partial charge in [0.05, 0.1) is 26.4 Å². The Morgan fingerprint density at radius 1 is 0.700 bits per heavy atom. The van der Waals surface area contributed by atoms with Crippen LogP contribution in [0.15, 0.2) is 60.7 Å². The Labute approximate surface area is 137 Å². The van der Waals surface area contributed by atoms with Gasteiger partial charge >= 0.3 is 0 Å². The summed E-state index contributed by atoms with van der Waals surface area (Å²) in [6.07, 6.45) is 0. The molecular formula is C16H24O3Ti-6. The molecule has 0 atom stereocenters. The topological polar surface area (TPSA) is 27.7 Å². The molecule has 20 heavy (non-hydrogen) atoms. The second-order valence-electron chi connectivity index (χ2n) is 3.52. The van der Waals surface area contributed by atoms with Crippen LogP contribution in [-0.2, 0) is 35.9 Å². The van der Waals surface area contributed by atoms with Gasteiger partial charge in [0.1, 0.15) is 0 Å². The molecule has 0 aliphatic heterocycles. The molecule has 0 heterocycles. The zero-order chi connectivity index (χ0) is 14.0. The van der Waals surface area contributed by atoms with Crippen LogP contribution in [0, 0.1) is 0 Å². The van der Waals surface area contributed by atoms with E-state index in [4.69, 9.17) is 14.2 Å². The second-order valence-corrected chi connectivity index (χ2v) is 3.52. The molecule has 116 valence electrons. The Morgan fingerprint density at radius 3 is 1.35 bits per heavy atom. The first-order valence-corrected chi connectivity index (χ1v) is 6.30. The van der Waals surface area contributed by atoms with Crippen LogP contribution in [0.5, 0.6) is 0 Å². The maximum absolute atomic E-state index is 5.06. The fraction of sp³-hybridized carbons (Fsp3) is 0.375. The maximum Gasteiger partial charge on any atom is 0.0701 e. The zero-order valence-electron chi connectivity index (χ0n) is 12.3. The van der Waals surface area contributed by atoms with Crippen LogP contribution in [0.2, 0.25) is 0 Å². The van der Waals surface area contributed by atoms with E-state index in [1.54, 1.807) is 14.2 Å². The van der Waals surface area contributed by atoms with Crippen LogP contribution in [0.25, 0.3) is 0 Å². The average molecular weight is 312 g/mol. The Morgan fingerprint density at radius 2 is 1.10 bits per heavy atom. The Kier molecular flexibility index (Phi) is 22.2. The van der Waals surface area contributed by atoms with Gasteiger partial charge < -0.3 is 44.5 Å². The number of hydrogen-bond acceptors (Lipinski definition) is 3. The summed E-state index contributed by atoms with van der Waals surface area (Å²) in [4.78, 5) is 0. The van der Waals surface area contributed by atoms with Gasteiger partial charge in [-0.1, -0.05) is 0 Å². The SMILES string of the molecule is COCCOCCOC.[Ti].[cH-]1[cH-][cH-][cH-][cH-]1.c1cc[cH-]c1. The van der Waals surface area contributed by atoms with E-state index < -0.39 is 0 Å². The first-order valence-electron chi connectivity index (χ1n) is 6.30. The fourth-order valence-corrected chi connectivity index (χ4v) is 1.03. The third-order valence-electron chi connectivity index (χ3n) is 1.97. The molecule has 0 saturated carbocycles. The van der Waals surface area contributed by atoms with Crippen molar-refractivity contribution in [2.24, 2.45) is 0 Å². The quantitative estimate of drug-likeness (QED) is 0.466. The first-order chi connectivity index (χ1) is 9.41. The number of rotatable bonds is 6. The predicted molar refractivity (Wildman–Crippen MR) is 78.6 cm³/mol. The van der Waals surface area contributed by atoms with E-state index >= 15 is 0 Å². The van der Waals surface area contributed by atoms with Gasteiger partial charge in [-0.25, -0.2) is 12.1 Å². The van der Waals surface area contributed by atoms with Crippen molar-refractivity contribution >= 4 is 0 Å². The second kappa shape index (κ2) is 20.6. The molecule has 0 fully saturated rings. The van der Waals surface area contributed by atoms with Crippen LogP contribution >= 0.6 is 0 Å². The van der Waals surface area contributed by atoms with Crippen molar-refractivity contribution in [3.63, 3.8) is 0 Å². The third kappa shape index (κ3) is 19.6. The normalized spacial score (nSPS) is 8.50. The molecule has 0 N–H and O–H groups in total. The van der Waals surface area contributed by atoms with Crippen molar-refractivity contribution in [2.75, 3.05) is 40.6 Å². The van der Waals surface area contributed by atoms with E-state index in [0.29, 0.717) is 26.4 Å². The van der Waals surface area contributed by atoms with E-state index in [1.165, 1.54) is 0 Å². The monoisotopic (exact) mass is 312 g/mol. The van der Waals surface area contributed by atoms with Crippen molar-refractivity contribution < 1.29 is 35.9 Å². The number of hydrogen-bond donors (Lipinski definition) is 0. The number of ether oxygens (including phenoxy) is 3. The van der Waals surface area contributed by atoms with Crippen LogP contribution in [0.3, 0.4) is 0 Å². The van der Waals surface area contributed by atoms with Gasteiger partial charge in [-0.3, -0.25) is 0 Å². The summed E-state index contributed by atoms with van der Waals surface area (Å²) in [5.74, 6) is 0. The van der Waals surface area contributed by atoms with Crippen molar-refractivity contribution in [3.05, 3.63) is 60.7 Å². The molecule has 0 aromatic heterocycles. The van der Waals surface area contributed by atoms with Gasteiger partial charge in [-0.2, -0.15) is 18.2 Å². The molecule has 2 rings (SSSR count). The van der Waals surface area contributed by atoms with Gasteiger partial charge in [-0.15, -0.1) is 0 Å². The minimum absolute atomic E-state index is 0. The molecule has 0 aliphatic rings. The summed E-state index contributed by atoms with van der Waals surface area (Å²) in [6, 6.07) is 20.0. The molecule has 2 aromatic rings. The Balaban J connectivity index is 0. The van der Waals surface area contributed by atoms with Crippen LogP contribution in [0.4, 0.5) is 0 Å². The molecule has 0 amide bonds. The van der Waals surface area contributed by atoms with Gasteiger partial charge in [0.25, 0.3) is 0 Å². The molecule has 0 aliphatic carbocycles. The Hall–Kier alpha value is -0.706. The molecule has 4 heteroatoms. The standard InChI is InChI=1S/C6H14O3.2C5H5.Ti/c1-7-3-5-9-6-4-8-2;2*1-2-4-5-3-1;/h3-6H2,1-2H3;2*1-5H;/q;-5;-1;. The van der Waals surface area contributed by atoms with E-state index in [2.05, 4.69) is 0 Å². The average Bonchev–Trinajstić information content (AvgIpc) is 3.16. The van der Waals surface area contributed by atoms with Crippen molar-refractivity contribution in [1.82, 2.24) is 0 Å². The van der Waals surface area contributed by atoms with Crippen molar-refractivity contribution in [3.8, 4) is 0 Å². The zero-order valence-corrected chi connectivity index (χ0v) is 13.9. The van der Waals surface area contributed by atoms with Crippen molar-refractivity contribution in [2.45, 2.75) is 0 Å². The molecule has 3 nitrogen and oxygen atoms in total. The van der Waals surface area contributed by atoms with E-state index in [0.717, 1.165) is 0 Å². The predicted octanol–water partition coefficient (Wildman–Crippen LogP) is 3.10. The van der Waals surface area contributed by atoms with Crippen LogP contribution in [-0.4, -0.2) is 40.6 Å². The molecular weight excluding hydrogens is 288 g/mol. The van der Waals surface area contributed by atoms with Crippen LogP contribution < -0.4 is 0 Å². The van der Waals surface area contributed by atoms with E-state index in [-0.39, 0.29) is 21.7 Å². The largest absolute Gasteiger partial charge is 0.748 e. The van der Waals surface area contributed by atoms with Crippen LogP contribution in [0.1, 0.15) is 0 Å². The van der Waals surface area contributed by atoms with E-state index in [1.807, 2.05) is 60.7 Å². The minimum Gasteiger partial charge on any atom is -0.748 e. The van der Waals surface area contributed by atoms with E-state index in [9.17, 15) is 0 Å². The summed E-state index contributed by atoms with van der Waals surface area (Å²) in [7, 11) is 3.30. The third-order valence-corrected chi connectivity index (χ3v) is 1.97. The molecule has 0 bridgehead atoms. The molecule has 0 saturated heterocycles. The Bertz CT molecular complexity index is 240. The fourth-order valence-electron chi connectivity index (χ4n) is 1.03. The first kappa shape index (κ1) is 21.6. The van der Waals surface area contributed by atoms with Gasteiger partial charge in [-0.05, 0) is 0 Å². The summed E-state index contributed by atoms with van der Waals surface area (Å²) in [5, 5.41) is 0. The molecule has 0 unspecified atom stereocenters. The summed E-state index contributed by atoms with van der Waals surface area (Å²) < 4.78 is 14.6. The minimum atomic E-state index is 0. The molecule has 0 radical (unpaired) electrons. The summed E-state index contributed by atoms with van der Waals surface area (Å²) >= 11 is 0. The smallest absolute Gasteiger partial charge is 0.0701 e. The van der Waals surface area contributed by atoms with Gasteiger partial charge in [0, 0.05) is 35.9 Å².